The van der Waals surface area contributed by atoms with E-state index in [1.165, 1.54) is 18.2 Å². The van der Waals surface area contributed by atoms with E-state index < -0.39 is 29.5 Å². The number of phenols is 4. The average Bonchev–Trinajstić information content (AvgIpc) is 2.89. The van der Waals surface area contributed by atoms with E-state index in [1.54, 1.807) is 0 Å². The quantitative estimate of drug-likeness (QED) is 0.370. The molecule has 11 nitrogen and oxygen atoms in total. The van der Waals surface area contributed by atoms with Gasteiger partial charge in [0, 0.05) is 39.3 Å². The molecule has 194 valence electrons. The number of ketones is 1. The van der Waals surface area contributed by atoms with Crippen LogP contribution in [0.3, 0.4) is 0 Å². The summed E-state index contributed by atoms with van der Waals surface area (Å²) in [5, 5.41) is 53.0. The normalized spacial score (nSPS) is 23.3. The Morgan fingerprint density at radius 2 is 1.39 bits per heavy atom. The molecular weight excluding hydrogens is 472 g/mol. The van der Waals surface area contributed by atoms with Crippen LogP contribution in [0.15, 0.2) is 18.2 Å². The van der Waals surface area contributed by atoms with E-state index in [0.29, 0.717) is 58.2 Å². The predicted octanol–water partition coefficient (Wildman–Crippen LogP) is 0.851. The molecule has 2 saturated heterocycles. The van der Waals surface area contributed by atoms with Gasteiger partial charge in [0.1, 0.15) is 22.8 Å². The molecule has 0 aromatic heterocycles. The number of fused-ring (bicyclic) bond motifs is 1. The van der Waals surface area contributed by atoms with E-state index in [4.69, 9.17) is 14.2 Å². The minimum Gasteiger partial charge on any atom is -0.507 e. The van der Waals surface area contributed by atoms with Crippen molar-refractivity contribution < 1.29 is 44.5 Å². The molecule has 0 spiro atoms. The van der Waals surface area contributed by atoms with Crippen LogP contribution in [0.25, 0.3) is 0 Å². The third-order valence-corrected chi connectivity index (χ3v) is 6.94. The van der Waals surface area contributed by atoms with Crippen molar-refractivity contribution in [2.75, 3.05) is 52.6 Å². The van der Waals surface area contributed by atoms with Crippen LogP contribution in [0.5, 0.6) is 28.7 Å². The lowest BCUT2D eigenvalue weighted by molar-refractivity contribution is 0.0173. The zero-order valence-corrected chi connectivity index (χ0v) is 19.7. The Kier molecular flexibility index (Phi) is 6.91. The number of carbonyl (C=O) groups excluding carboxylic acids is 1. The maximum absolute atomic E-state index is 13.4. The Labute approximate surface area is 207 Å². The summed E-state index contributed by atoms with van der Waals surface area (Å²) in [6.45, 7) is 4.96. The Hall–Kier alpha value is -3.09. The third kappa shape index (κ3) is 4.56. The predicted molar refractivity (Wildman–Crippen MR) is 125 cm³/mol. The lowest BCUT2D eigenvalue weighted by Gasteiger charge is -2.35. The smallest absolute Gasteiger partial charge is 0.202 e. The number of carbonyl (C=O) groups is 1. The number of nitrogens with zero attached hydrogens (tertiary/aromatic N) is 2. The van der Waals surface area contributed by atoms with Crippen molar-refractivity contribution >= 4 is 5.78 Å². The molecule has 0 saturated carbocycles. The first-order valence-electron chi connectivity index (χ1n) is 12.0. The Balaban J connectivity index is 1.59. The number of morpholine rings is 2. The molecule has 0 amide bonds. The molecule has 5 rings (SSSR count). The molecule has 3 aliphatic rings. The van der Waals surface area contributed by atoms with Crippen LogP contribution in [-0.2, 0) is 22.6 Å². The zero-order valence-electron chi connectivity index (χ0n) is 19.7. The molecule has 3 aliphatic heterocycles. The van der Waals surface area contributed by atoms with Crippen LogP contribution in [0.2, 0.25) is 0 Å². The van der Waals surface area contributed by atoms with Gasteiger partial charge in [0.25, 0.3) is 0 Å². The minimum absolute atomic E-state index is 0.00455. The molecule has 11 heteroatoms. The Morgan fingerprint density at radius 3 is 1.97 bits per heavy atom. The molecule has 2 atom stereocenters. The minimum atomic E-state index is -1.68. The number of hydrogen-bond acceptors (Lipinski definition) is 11. The number of aliphatic hydroxyl groups is 1. The third-order valence-electron chi connectivity index (χ3n) is 6.94. The van der Waals surface area contributed by atoms with Crippen molar-refractivity contribution in [3.05, 3.63) is 40.5 Å². The number of hydrogen-bond donors (Lipinski definition) is 5. The van der Waals surface area contributed by atoms with Gasteiger partial charge < -0.3 is 39.7 Å². The number of rotatable bonds is 5. The fourth-order valence-corrected chi connectivity index (χ4v) is 4.88. The number of ether oxygens (including phenoxy) is 3. The first-order valence-corrected chi connectivity index (χ1v) is 12.0. The van der Waals surface area contributed by atoms with Gasteiger partial charge in [-0.15, -0.1) is 0 Å². The topological polar surface area (TPSA) is 152 Å². The summed E-state index contributed by atoms with van der Waals surface area (Å²) in [6, 6.07) is 3.86. The molecule has 0 aliphatic carbocycles. The van der Waals surface area contributed by atoms with E-state index in [9.17, 15) is 30.3 Å². The van der Waals surface area contributed by atoms with Crippen molar-refractivity contribution in [1.29, 1.82) is 0 Å². The van der Waals surface area contributed by atoms with Crippen LogP contribution >= 0.6 is 0 Å². The van der Waals surface area contributed by atoms with E-state index in [2.05, 4.69) is 4.90 Å². The number of aromatic hydroxyl groups is 4. The maximum atomic E-state index is 13.4. The van der Waals surface area contributed by atoms with Crippen molar-refractivity contribution in [1.82, 2.24) is 9.80 Å². The summed E-state index contributed by atoms with van der Waals surface area (Å²) in [7, 11) is 0. The van der Waals surface area contributed by atoms with Gasteiger partial charge in [0.05, 0.1) is 37.6 Å². The number of benzene rings is 2. The molecular formula is C25H30N2O9. The summed E-state index contributed by atoms with van der Waals surface area (Å²) in [5.74, 6) is -2.13. The molecule has 5 N–H and O–H groups in total. The van der Waals surface area contributed by atoms with Gasteiger partial charge in [0.2, 0.25) is 5.78 Å². The molecule has 2 unspecified atom stereocenters. The summed E-state index contributed by atoms with van der Waals surface area (Å²) in [4.78, 5) is 17.5. The highest BCUT2D eigenvalue weighted by molar-refractivity contribution is 6.06. The molecule has 36 heavy (non-hydrogen) atoms. The molecule has 2 aromatic rings. The van der Waals surface area contributed by atoms with E-state index in [-0.39, 0.29) is 47.0 Å². The van der Waals surface area contributed by atoms with Gasteiger partial charge >= 0.3 is 0 Å². The highest BCUT2D eigenvalue weighted by atomic mass is 16.5. The lowest BCUT2D eigenvalue weighted by Crippen LogP contribution is -2.39. The van der Waals surface area contributed by atoms with Crippen LogP contribution in [0.1, 0.15) is 33.2 Å². The van der Waals surface area contributed by atoms with Gasteiger partial charge in [-0.3, -0.25) is 14.6 Å². The standard InChI is InChI=1S/C25H30N2O9/c28-17-2-1-14(11-18(17)29)24-23(33)22(32)19-21(31)15(12-26-3-7-34-8-4-26)20(30)16(25(19)36-24)13-27-5-9-35-10-6-27/h1-2,11,23-24,28-31,33H,3-10,12-13H2. The van der Waals surface area contributed by atoms with E-state index in [1.807, 2.05) is 4.90 Å². The lowest BCUT2D eigenvalue weighted by atomic mass is 9.88. The highest BCUT2D eigenvalue weighted by Crippen LogP contribution is 2.49. The maximum Gasteiger partial charge on any atom is 0.202 e. The summed E-state index contributed by atoms with van der Waals surface area (Å²) in [5.41, 5.74) is 0.613. The second-order valence-electron chi connectivity index (χ2n) is 9.23. The first-order chi connectivity index (χ1) is 17.3. The molecule has 3 heterocycles. The zero-order chi connectivity index (χ0) is 25.4. The van der Waals surface area contributed by atoms with Gasteiger partial charge in [-0.1, -0.05) is 6.07 Å². The van der Waals surface area contributed by atoms with Gasteiger partial charge in [-0.25, -0.2) is 0 Å². The van der Waals surface area contributed by atoms with Crippen LogP contribution < -0.4 is 4.74 Å². The Morgan fingerprint density at radius 1 is 0.806 bits per heavy atom. The van der Waals surface area contributed by atoms with Crippen molar-refractivity contribution in [2.45, 2.75) is 25.3 Å². The molecule has 2 aromatic carbocycles. The summed E-state index contributed by atoms with van der Waals surface area (Å²) >= 11 is 0. The molecule has 0 bridgehead atoms. The fraction of sp³-hybridized carbons (Fsp3) is 0.480. The van der Waals surface area contributed by atoms with Crippen LogP contribution in [-0.4, -0.2) is 99.8 Å². The average molecular weight is 503 g/mol. The second kappa shape index (κ2) is 10.1. The number of aliphatic hydroxyl groups excluding tert-OH is 1. The van der Waals surface area contributed by atoms with Crippen molar-refractivity contribution in [2.24, 2.45) is 0 Å². The number of phenolic OH excluding ortho intramolecular Hbond substituents is 4. The highest BCUT2D eigenvalue weighted by Gasteiger charge is 2.42. The van der Waals surface area contributed by atoms with Crippen LogP contribution in [0.4, 0.5) is 0 Å². The van der Waals surface area contributed by atoms with E-state index in [0.717, 1.165) is 0 Å². The molecule has 2 fully saturated rings. The largest absolute Gasteiger partial charge is 0.507 e. The SMILES string of the molecule is O=C1c2c(O)c(CN3CCOCC3)c(O)c(CN3CCOCC3)c2OC(c2ccc(O)c(O)c2)C1O. The van der Waals surface area contributed by atoms with Crippen molar-refractivity contribution in [3.8, 4) is 28.7 Å². The van der Waals surface area contributed by atoms with Gasteiger partial charge in [-0.05, 0) is 17.7 Å². The Bertz CT molecular complexity index is 1140. The summed E-state index contributed by atoms with van der Waals surface area (Å²) in [6.07, 6.45) is -2.90. The van der Waals surface area contributed by atoms with Crippen molar-refractivity contribution in [3.63, 3.8) is 0 Å². The van der Waals surface area contributed by atoms with Gasteiger partial charge in [0.15, 0.2) is 23.7 Å². The second-order valence-corrected chi connectivity index (χ2v) is 9.23. The van der Waals surface area contributed by atoms with Gasteiger partial charge in [-0.2, -0.15) is 0 Å². The summed E-state index contributed by atoms with van der Waals surface area (Å²) < 4.78 is 16.9. The molecule has 0 radical (unpaired) electrons. The monoisotopic (exact) mass is 502 g/mol. The first kappa shape index (κ1) is 24.6. The van der Waals surface area contributed by atoms with Crippen LogP contribution in [0, 0.1) is 0 Å². The number of Topliss-reactive ketones (excluding diaryl/α,β-unsaturated/α-hetero) is 1. The van der Waals surface area contributed by atoms with E-state index >= 15 is 0 Å². The fourth-order valence-electron chi connectivity index (χ4n) is 4.88.